The number of aliphatic imine (C=N–C) groups is 1. The van der Waals surface area contributed by atoms with E-state index in [1.165, 1.54) is 5.69 Å². The highest BCUT2D eigenvalue weighted by Crippen LogP contribution is 2.48. The predicted octanol–water partition coefficient (Wildman–Crippen LogP) is 2.98. The van der Waals surface area contributed by atoms with Crippen LogP contribution < -0.4 is 20.9 Å². The lowest BCUT2D eigenvalue weighted by molar-refractivity contribution is 0.0451. The number of aromatic nitrogens is 2. The van der Waals surface area contributed by atoms with E-state index in [0.29, 0.717) is 18.4 Å². The number of nitrogens with zero attached hydrogens (tertiary/aromatic N) is 6. The fraction of sp³-hybridized carbons (Fsp3) is 0.481. The molecule has 188 valence electrons. The minimum atomic E-state index is -0.242. The Balaban J connectivity index is 1.32. The third kappa shape index (κ3) is 4.03. The van der Waals surface area contributed by atoms with Crippen LogP contribution in [0.2, 0.25) is 0 Å². The van der Waals surface area contributed by atoms with E-state index >= 15 is 0 Å². The van der Waals surface area contributed by atoms with Gasteiger partial charge in [-0.25, -0.2) is 9.98 Å². The van der Waals surface area contributed by atoms with Crippen molar-refractivity contribution in [3.05, 3.63) is 53.7 Å². The summed E-state index contributed by atoms with van der Waals surface area (Å²) >= 11 is 0. The zero-order valence-electron chi connectivity index (χ0n) is 21.2. The minimum Gasteiger partial charge on any atom is -0.378 e. The van der Waals surface area contributed by atoms with Gasteiger partial charge in [-0.05, 0) is 45.0 Å². The first kappa shape index (κ1) is 23.0. The topological polar surface area (TPSA) is 95.1 Å². The molecule has 0 spiro atoms. The first-order chi connectivity index (χ1) is 17.4. The summed E-state index contributed by atoms with van der Waals surface area (Å²) in [4.78, 5) is 21.3. The summed E-state index contributed by atoms with van der Waals surface area (Å²) in [6.45, 7) is 9.20. The number of anilines is 4. The molecule has 5 heterocycles. The molecule has 2 aromatic rings. The van der Waals surface area contributed by atoms with Crippen molar-refractivity contribution in [2.75, 3.05) is 55.0 Å². The van der Waals surface area contributed by atoms with E-state index in [-0.39, 0.29) is 17.6 Å². The van der Waals surface area contributed by atoms with Gasteiger partial charge in [0.1, 0.15) is 11.7 Å². The number of nitrogens with one attached hydrogen (secondary N) is 1. The Kier molecular flexibility index (Phi) is 5.71. The number of hydrogen-bond donors (Lipinski definition) is 2. The maximum atomic E-state index is 6.21. The van der Waals surface area contributed by atoms with Crippen molar-refractivity contribution in [3.8, 4) is 0 Å². The molecule has 0 bridgehead atoms. The number of amidine groups is 1. The average Bonchev–Trinajstić information content (AvgIpc) is 3.35. The molecule has 0 aliphatic carbocycles. The van der Waals surface area contributed by atoms with E-state index < -0.39 is 0 Å². The molecule has 0 saturated carbocycles. The van der Waals surface area contributed by atoms with Gasteiger partial charge in [-0.1, -0.05) is 18.7 Å². The van der Waals surface area contributed by atoms with E-state index in [9.17, 15) is 0 Å². The number of likely N-dealkylation sites (N-methyl/N-ethyl adjacent to an activating group) is 1. The highest BCUT2D eigenvalue weighted by atomic mass is 16.5. The Labute approximate surface area is 212 Å². The number of piperazine rings is 1. The van der Waals surface area contributed by atoms with E-state index in [1.54, 1.807) is 0 Å². The van der Waals surface area contributed by atoms with Crippen molar-refractivity contribution >= 4 is 29.0 Å². The first-order valence-corrected chi connectivity index (χ1v) is 12.8. The molecule has 4 aliphatic heterocycles. The monoisotopic (exact) mass is 486 g/mol. The molecule has 1 unspecified atom stereocenters. The summed E-state index contributed by atoms with van der Waals surface area (Å²) in [5.41, 5.74) is 12.0. The van der Waals surface area contributed by atoms with Crippen molar-refractivity contribution in [3.63, 3.8) is 0 Å². The van der Waals surface area contributed by atoms with Crippen LogP contribution in [0.4, 0.5) is 23.1 Å². The van der Waals surface area contributed by atoms with Gasteiger partial charge in [-0.2, -0.15) is 4.98 Å². The second-order valence-electron chi connectivity index (χ2n) is 10.5. The Bertz CT molecular complexity index is 1260. The second-order valence-corrected chi connectivity index (χ2v) is 10.5. The van der Waals surface area contributed by atoms with Gasteiger partial charge in [0.05, 0.1) is 12.7 Å². The molecule has 9 heteroatoms. The van der Waals surface area contributed by atoms with Crippen molar-refractivity contribution < 1.29 is 4.74 Å². The van der Waals surface area contributed by atoms with Gasteiger partial charge in [-0.3, -0.25) is 0 Å². The van der Waals surface area contributed by atoms with E-state index in [1.807, 2.05) is 12.3 Å². The summed E-state index contributed by atoms with van der Waals surface area (Å²) in [5.74, 6) is 2.59. The standard InChI is InChI=1S/C27H34N8O/c1-18-7-8-22-27(2,17-36-18)21-16-29-26(32-25(21)35(22)24-10-9-23(28)31-24)30-19-5-4-6-20(15-19)34-13-11-33(3)12-14-34/h4-6,10,15-16,18,22H,7-8,11-14,17,28H2,1-3H3,(H,29,30,32)/t18?,22-,27-/m1/s1. The molecular formula is C27H34N8O. The number of fused-ring (bicyclic) bond motifs is 3. The van der Waals surface area contributed by atoms with Crippen LogP contribution in [-0.2, 0) is 10.2 Å². The molecule has 9 nitrogen and oxygen atoms in total. The van der Waals surface area contributed by atoms with Crippen LogP contribution in [0.5, 0.6) is 0 Å². The molecule has 2 fully saturated rings. The summed E-state index contributed by atoms with van der Waals surface area (Å²) in [7, 11) is 2.17. The van der Waals surface area contributed by atoms with E-state index in [2.05, 4.69) is 75.9 Å². The molecule has 4 aliphatic rings. The summed E-state index contributed by atoms with van der Waals surface area (Å²) in [5, 5.41) is 3.44. The predicted molar refractivity (Wildman–Crippen MR) is 143 cm³/mol. The van der Waals surface area contributed by atoms with Crippen molar-refractivity contribution in [2.45, 2.75) is 44.2 Å². The van der Waals surface area contributed by atoms with Crippen LogP contribution >= 0.6 is 0 Å². The van der Waals surface area contributed by atoms with Crippen molar-refractivity contribution in [2.24, 2.45) is 10.7 Å². The molecule has 3 atom stereocenters. The molecule has 3 N–H and O–H groups in total. The van der Waals surface area contributed by atoms with Gasteiger partial charge >= 0.3 is 0 Å². The van der Waals surface area contributed by atoms with Crippen LogP contribution in [0.3, 0.4) is 0 Å². The van der Waals surface area contributed by atoms with Crippen LogP contribution in [0.1, 0.15) is 32.3 Å². The average molecular weight is 487 g/mol. The number of benzene rings is 1. The zero-order chi connectivity index (χ0) is 24.9. The quantitative estimate of drug-likeness (QED) is 0.640. The third-order valence-corrected chi connectivity index (χ3v) is 7.98. The van der Waals surface area contributed by atoms with E-state index in [4.69, 9.17) is 20.4 Å². The molecule has 36 heavy (non-hydrogen) atoms. The maximum Gasteiger partial charge on any atom is 0.229 e. The maximum absolute atomic E-state index is 6.21. The molecule has 0 radical (unpaired) electrons. The number of rotatable bonds is 3. The Morgan fingerprint density at radius 1 is 1.19 bits per heavy atom. The van der Waals surface area contributed by atoms with Gasteiger partial charge in [-0.15, -0.1) is 0 Å². The van der Waals surface area contributed by atoms with E-state index in [0.717, 1.165) is 61.9 Å². The lowest BCUT2D eigenvalue weighted by Gasteiger charge is -2.34. The molecule has 2 saturated heterocycles. The highest BCUT2D eigenvalue weighted by molar-refractivity contribution is 6.08. The molecule has 1 aromatic carbocycles. The Morgan fingerprint density at radius 2 is 2.03 bits per heavy atom. The minimum absolute atomic E-state index is 0.158. The van der Waals surface area contributed by atoms with Crippen LogP contribution in [-0.4, -0.2) is 72.7 Å². The fourth-order valence-corrected chi connectivity index (χ4v) is 5.74. The molecule has 1 aromatic heterocycles. The van der Waals surface area contributed by atoms with Crippen LogP contribution in [0, 0.1) is 0 Å². The fourth-order valence-electron chi connectivity index (χ4n) is 5.74. The smallest absolute Gasteiger partial charge is 0.229 e. The largest absolute Gasteiger partial charge is 0.378 e. The summed E-state index contributed by atoms with van der Waals surface area (Å²) < 4.78 is 6.21. The van der Waals surface area contributed by atoms with Gasteiger partial charge in [0, 0.05) is 66.8 Å². The Morgan fingerprint density at radius 3 is 2.81 bits per heavy atom. The lowest BCUT2D eigenvalue weighted by atomic mass is 9.78. The SMILES string of the molecule is CC1CC[C@H]2N(C3=NC(N)=C=C3)c3nc(Nc4cccc(N5CCN(C)CC5)c4)ncc3[C@@]2(C)CO1. The number of ether oxygens (including phenoxy) is 1. The van der Waals surface area contributed by atoms with Crippen molar-refractivity contribution in [1.82, 2.24) is 14.9 Å². The number of nitrogens with two attached hydrogens (primary N) is 1. The van der Waals surface area contributed by atoms with Crippen LogP contribution in [0.25, 0.3) is 0 Å². The third-order valence-electron chi connectivity index (χ3n) is 7.98. The lowest BCUT2D eigenvalue weighted by Crippen LogP contribution is -2.46. The van der Waals surface area contributed by atoms with Gasteiger partial charge in [0.2, 0.25) is 5.95 Å². The van der Waals surface area contributed by atoms with Gasteiger partial charge in [0.25, 0.3) is 0 Å². The first-order valence-electron chi connectivity index (χ1n) is 12.8. The van der Waals surface area contributed by atoms with Gasteiger partial charge in [0.15, 0.2) is 5.82 Å². The summed E-state index contributed by atoms with van der Waals surface area (Å²) in [6.07, 6.45) is 5.97. The normalized spacial score (nSPS) is 27.9. The van der Waals surface area contributed by atoms with Crippen LogP contribution in [0.15, 0.2) is 53.1 Å². The van der Waals surface area contributed by atoms with Crippen molar-refractivity contribution in [1.29, 1.82) is 0 Å². The zero-order valence-corrected chi connectivity index (χ0v) is 21.2. The second kappa shape index (κ2) is 8.92. The van der Waals surface area contributed by atoms with Gasteiger partial charge < -0.3 is 30.5 Å². The molecular weight excluding hydrogens is 452 g/mol. The highest BCUT2D eigenvalue weighted by Gasteiger charge is 2.52. The molecule has 6 rings (SSSR count). The molecule has 0 amide bonds. The Hall–Kier alpha value is -3.39. The number of hydrogen-bond acceptors (Lipinski definition) is 9. The summed E-state index contributed by atoms with van der Waals surface area (Å²) in [6, 6.07) is 8.64.